The first kappa shape index (κ1) is 14.4. The van der Waals surface area contributed by atoms with Crippen LogP contribution in [0.2, 0.25) is 0 Å². The third-order valence-corrected chi connectivity index (χ3v) is 3.77. The third kappa shape index (κ3) is 2.60. The van der Waals surface area contributed by atoms with Gasteiger partial charge in [0.1, 0.15) is 17.1 Å². The summed E-state index contributed by atoms with van der Waals surface area (Å²) in [4.78, 5) is 8.73. The molecule has 0 aliphatic heterocycles. The smallest absolute Gasteiger partial charge is 0.221 e. The van der Waals surface area contributed by atoms with Gasteiger partial charge < -0.3 is 9.30 Å². The van der Waals surface area contributed by atoms with Crippen molar-refractivity contribution in [1.82, 2.24) is 14.5 Å². The fourth-order valence-electron chi connectivity index (χ4n) is 2.61. The minimum atomic E-state index is -0.281. The van der Waals surface area contributed by atoms with Crippen molar-refractivity contribution < 1.29 is 9.13 Å². The first-order valence-corrected chi connectivity index (χ1v) is 7.51. The Hall–Kier alpha value is -3.21. The lowest BCUT2D eigenvalue weighted by Gasteiger charge is -2.11. The second kappa shape index (κ2) is 5.77. The molecule has 2 aromatic heterocycles. The van der Waals surface area contributed by atoms with Crippen molar-refractivity contribution in [3.05, 3.63) is 72.8 Å². The van der Waals surface area contributed by atoms with Crippen molar-refractivity contribution in [1.29, 1.82) is 0 Å². The Morgan fingerprint density at radius 3 is 2.75 bits per heavy atom. The number of nitrogens with zero attached hydrogens (tertiary/aromatic N) is 3. The van der Waals surface area contributed by atoms with Crippen LogP contribution in [0.25, 0.3) is 22.3 Å². The lowest BCUT2D eigenvalue weighted by molar-refractivity contribution is 0.466. The summed E-state index contributed by atoms with van der Waals surface area (Å²) in [6.07, 6.45) is 1.71. The molecule has 4 rings (SSSR count). The highest BCUT2D eigenvalue weighted by atomic mass is 19.1. The molecular formula is C19H14FN3O. The molecule has 4 aromatic rings. The van der Waals surface area contributed by atoms with Crippen molar-refractivity contribution in [2.75, 3.05) is 0 Å². The summed E-state index contributed by atoms with van der Waals surface area (Å²) in [5.74, 6) is 0.809. The van der Waals surface area contributed by atoms with E-state index in [0.717, 1.165) is 22.3 Å². The SMILES string of the molecule is Cn1cnc2ccc(Oc3ccccc3-c3cccc(F)c3)nc21. The molecule has 0 spiro atoms. The predicted octanol–water partition coefficient (Wildman–Crippen LogP) is 4.57. The van der Waals surface area contributed by atoms with E-state index in [1.807, 2.05) is 48.0 Å². The Kier molecular flexibility index (Phi) is 3.46. The second-order valence-corrected chi connectivity index (χ2v) is 5.46. The number of fused-ring (bicyclic) bond motifs is 1. The highest BCUT2D eigenvalue weighted by Gasteiger charge is 2.10. The number of imidazole rings is 1. The third-order valence-electron chi connectivity index (χ3n) is 3.77. The van der Waals surface area contributed by atoms with Crippen LogP contribution in [0.5, 0.6) is 11.6 Å². The van der Waals surface area contributed by atoms with Gasteiger partial charge in [-0.25, -0.2) is 9.37 Å². The summed E-state index contributed by atoms with van der Waals surface area (Å²) in [5.41, 5.74) is 3.12. The molecule has 0 saturated carbocycles. The summed E-state index contributed by atoms with van der Waals surface area (Å²) in [6, 6.07) is 17.6. The molecule has 0 aliphatic carbocycles. The Morgan fingerprint density at radius 2 is 1.88 bits per heavy atom. The molecule has 0 unspecified atom stereocenters. The van der Waals surface area contributed by atoms with Gasteiger partial charge in [0, 0.05) is 18.7 Å². The van der Waals surface area contributed by atoms with Crippen LogP contribution >= 0.6 is 0 Å². The molecule has 0 saturated heterocycles. The summed E-state index contributed by atoms with van der Waals surface area (Å²) >= 11 is 0. The van der Waals surface area contributed by atoms with E-state index >= 15 is 0 Å². The number of halogens is 1. The normalized spacial score (nSPS) is 10.9. The molecule has 0 radical (unpaired) electrons. The minimum Gasteiger partial charge on any atom is -0.438 e. The molecule has 0 amide bonds. The fraction of sp³-hybridized carbons (Fsp3) is 0.0526. The standard InChI is InChI=1S/C19H14FN3O/c1-23-12-21-16-9-10-18(22-19(16)23)24-17-8-3-2-7-15(17)13-5-4-6-14(20)11-13/h2-12H,1H3. The molecule has 24 heavy (non-hydrogen) atoms. The van der Waals surface area contributed by atoms with Gasteiger partial charge in [0.2, 0.25) is 5.88 Å². The Balaban J connectivity index is 1.75. The van der Waals surface area contributed by atoms with Crippen LogP contribution in [0.1, 0.15) is 0 Å². The van der Waals surface area contributed by atoms with Crippen LogP contribution in [0.3, 0.4) is 0 Å². The number of ether oxygens (including phenoxy) is 1. The summed E-state index contributed by atoms with van der Waals surface area (Å²) in [6.45, 7) is 0. The van der Waals surface area contributed by atoms with E-state index < -0.39 is 0 Å². The number of benzene rings is 2. The molecule has 0 bridgehead atoms. The predicted molar refractivity (Wildman–Crippen MR) is 90.4 cm³/mol. The number of rotatable bonds is 3. The van der Waals surface area contributed by atoms with Crippen LogP contribution < -0.4 is 4.74 Å². The van der Waals surface area contributed by atoms with E-state index in [-0.39, 0.29) is 5.82 Å². The summed E-state index contributed by atoms with van der Waals surface area (Å²) in [5, 5.41) is 0. The van der Waals surface area contributed by atoms with E-state index in [1.54, 1.807) is 18.5 Å². The van der Waals surface area contributed by atoms with Gasteiger partial charge in [0.25, 0.3) is 0 Å². The number of pyridine rings is 1. The molecule has 2 aromatic carbocycles. The minimum absolute atomic E-state index is 0.281. The van der Waals surface area contributed by atoms with Crippen LogP contribution in [0, 0.1) is 5.82 Å². The van der Waals surface area contributed by atoms with Crippen LogP contribution in [0.4, 0.5) is 4.39 Å². The first-order valence-electron chi connectivity index (χ1n) is 7.51. The zero-order valence-electron chi connectivity index (χ0n) is 13.0. The van der Waals surface area contributed by atoms with Gasteiger partial charge in [0.15, 0.2) is 5.65 Å². The quantitative estimate of drug-likeness (QED) is 0.555. The second-order valence-electron chi connectivity index (χ2n) is 5.46. The van der Waals surface area contributed by atoms with Crippen LogP contribution in [-0.4, -0.2) is 14.5 Å². The van der Waals surface area contributed by atoms with E-state index in [2.05, 4.69) is 9.97 Å². The number of para-hydroxylation sites is 1. The molecule has 5 heteroatoms. The highest BCUT2D eigenvalue weighted by molar-refractivity contribution is 5.73. The molecular weight excluding hydrogens is 305 g/mol. The zero-order chi connectivity index (χ0) is 16.5. The average Bonchev–Trinajstić information content (AvgIpc) is 2.96. The van der Waals surface area contributed by atoms with E-state index in [4.69, 9.17) is 4.74 Å². The lowest BCUT2D eigenvalue weighted by atomic mass is 10.0. The van der Waals surface area contributed by atoms with Crippen LogP contribution in [0.15, 0.2) is 67.0 Å². The topological polar surface area (TPSA) is 39.9 Å². The zero-order valence-corrected chi connectivity index (χ0v) is 13.0. The van der Waals surface area contributed by atoms with Gasteiger partial charge in [-0.15, -0.1) is 0 Å². The molecule has 0 aliphatic rings. The Bertz CT molecular complexity index is 1030. The molecule has 0 fully saturated rings. The van der Waals surface area contributed by atoms with Gasteiger partial charge >= 0.3 is 0 Å². The van der Waals surface area contributed by atoms with Crippen molar-refractivity contribution in [2.24, 2.45) is 7.05 Å². The van der Waals surface area contributed by atoms with Crippen molar-refractivity contribution in [2.45, 2.75) is 0 Å². The fourth-order valence-corrected chi connectivity index (χ4v) is 2.61. The van der Waals surface area contributed by atoms with Gasteiger partial charge in [-0.05, 0) is 29.8 Å². The Morgan fingerprint density at radius 1 is 1.00 bits per heavy atom. The molecule has 0 atom stereocenters. The van der Waals surface area contributed by atoms with Crippen molar-refractivity contribution >= 4 is 11.2 Å². The number of hydrogen-bond acceptors (Lipinski definition) is 3. The van der Waals surface area contributed by atoms with Crippen molar-refractivity contribution in [3.8, 4) is 22.8 Å². The summed E-state index contributed by atoms with van der Waals surface area (Å²) in [7, 11) is 1.88. The average molecular weight is 319 g/mol. The number of aryl methyl sites for hydroxylation is 1. The molecule has 118 valence electrons. The van der Waals surface area contributed by atoms with Crippen LogP contribution in [-0.2, 0) is 7.05 Å². The maximum atomic E-state index is 13.5. The maximum absolute atomic E-state index is 13.5. The van der Waals surface area contributed by atoms with Gasteiger partial charge in [0.05, 0.1) is 6.33 Å². The van der Waals surface area contributed by atoms with Gasteiger partial charge in [-0.2, -0.15) is 4.98 Å². The molecule has 4 nitrogen and oxygen atoms in total. The van der Waals surface area contributed by atoms with E-state index in [1.165, 1.54) is 12.1 Å². The van der Waals surface area contributed by atoms with E-state index in [9.17, 15) is 4.39 Å². The number of hydrogen-bond donors (Lipinski definition) is 0. The van der Waals surface area contributed by atoms with Crippen molar-refractivity contribution in [3.63, 3.8) is 0 Å². The summed E-state index contributed by atoms with van der Waals surface area (Å²) < 4.78 is 21.3. The molecule has 2 heterocycles. The monoisotopic (exact) mass is 319 g/mol. The highest BCUT2D eigenvalue weighted by Crippen LogP contribution is 2.33. The van der Waals surface area contributed by atoms with E-state index in [0.29, 0.717) is 11.6 Å². The van der Waals surface area contributed by atoms with Gasteiger partial charge in [-0.3, -0.25) is 0 Å². The molecule has 0 N–H and O–H groups in total. The number of aromatic nitrogens is 3. The first-order chi connectivity index (χ1) is 11.7. The maximum Gasteiger partial charge on any atom is 0.221 e. The van der Waals surface area contributed by atoms with Gasteiger partial charge in [-0.1, -0.05) is 30.3 Å². The Labute approximate surface area is 138 Å². The lowest BCUT2D eigenvalue weighted by Crippen LogP contribution is -1.93. The largest absolute Gasteiger partial charge is 0.438 e.